The van der Waals surface area contributed by atoms with Gasteiger partial charge in [-0.3, -0.25) is 19.7 Å². The van der Waals surface area contributed by atoms with Gasteiger partial charge in [0.25, 0.3) is 5.91 Å². The van der Waals surface area contributed by atoms with Crippen molar-refractivity contribution >= 4 is 57.3 Å². The Morgan fingerprint density at radius 1 is 0.879 bits per heavy atom. The van der Waals surface area contributed by atoms with Crippen LogP contribution in [0.3, 0.4) is 0 Å². The first-order valence-electron chi connectivity index (χ1n) is 10.2. The van der Waals surface area contributed by atoms with E-state index in [1.54, 1.807) is 36.4 Å². The molecule has 0 aliphatic heterocycles. The van der Waals surface area contributed by atoms with Gasteiger partial charge in [0.2, 0.25) is 16.9 Å². The average molecular weight is 484 g/mol. The number of rotatable bonds is 7. The molecule has 0 aliphatic carbocycles. The van der Waals surface area contributed by atoms with Gasteiger partial charge in [-0.25, -0.2) is 0 Å². The van der Waals surface area contributed by atoms with E-state index in [1.807, 2.05) is 12.1 Å². The summed E-state index contributed by atoms with van der Waals surface area (Å²) < 4.78 is 0.574. The molecule has 172 valence electrons. The summed E-state index contributed by atoms with van der Waals surface area (Å²) in [4.78, 5) is 35.7. The van der Waals surface area contributed by atoms with Crippen molar-refractivity contribution < 1.29 is 14.4 Å². The molecule has 3 amide bonds. The van der Waals surface area contributed by atoms with Crippen molar-refractivity contribution in [3.05, 3.63) is 59.7 Å². The van der Waals surface area contributed by atoms with Crippen LogP contribution in [0.1, 0.15) is 43.6 Å². The van der Waals surface area contributed by atoms with E-state index in [9.17, 15) is 14.4 Å². The molecule has 0 spiro atoms. The maximum atomic E-state index is 12.5. The van der Waals surface area contributed by atoms with E-state index in [1.165, 1.54) is 30.0 Å². The van der Waals surface area contributed by atoms with Crippen molar-refractivity contribution in [1.29, 1.82) is 0 Å². The van der Waals surface area contributed by atoms with Crippen LogP contribution in [0, 0.1) is 0 Å². The molecular weight excluding hydrogens is 458 g/mol. The van der Waals surface area contributed by atoms with Gasteiger partial charge in [-0.2, -0.15) is 0 Å². The highest BCUT2D eigenvalue weighted by molar-refractivity contribution is 8.01. The summed E-state index contributed by atoms with van der Waals surface area (Å²) >= 11 is 2.44. The molecule has 0 atom stereocenters. The molecule has 3 rings (SSSR count). The number of carbonyl (C=O) groups is 3. The second-order valence-corrected chi connectivity index (χ2v) is 10.4. The van der Waals surface area contributed by atoms with E-state index in [0.717, 1.165) is 5.56 Å². The van der Waals surface area contributed by atoms with Crippen LogP contribution in [-0.2, 0) is 15.0 Å². The Hall–Kier alpha value is -3.24. The number of nitrogens with zero attached hydrogens (tertiary/aromatic N) is 2. The van der Waals surface area contributed by atoms with Crippen molar-refractivity contribution in [1.82, 2.24) is 10.2 Å². The molecule has 10 heteroatoms. The lowest BCUT2D eigenvalue weighted by Gasteiger charge is -2.18. The Morgan fingerprint density at radius 2 is 1.48 bits per heavy atom. The second-order valence-electron chi connectivity index (χ2n) is 8.25. The summed E-state index contributed by atoms with van der Waals surface area (Å²) in [6.07, 6.45) is 0. The quantitative estimate of drug-likeness (QED) is 0.329. The van der Waals surface area contributed by atoms with Crippen LogP contribution in [0.2, 0.25) is 0 Å². The third-order valence-electron chi connectivity index (χ3n) is 4.46. The molecule has 1 heterocycles. The van der Waals surface area contributed by atoms with Gasteiger partial charge in [0.05, 0.1) is 5.75 Å². The topological polar surface area (TPSA) is 113 Å². The fraction of sp³-hybridized carbons (Fsp3) is 0.261. The molecule has 0 radical (unpaired) electrons. The van der Waals surface area contributed by atoms with Gasteiger partial charge >= 0.3 is 0 Å². The Balaban J connectivity index is 1.48. The molecule has 0 fully saturated rings. The van der Waals surface area contributed by atoms with Crippen molar-refractivity contribution in [3.63, 3.8) is 0 Å². The van der Waals surface area contributed by atoms with Crippen LogP contribution < -0.4 is 16.0 Å². The molecule has 0 saturated heterocycles. The third-order valence-corrected chi connectivity index (χ3v) is 6.43. The molecule has 0 aliphatic rings. The Kier molecular flexibility index (Phi) is 7.83. The largest absolute Gasteiger partial charge is 0.326 e. The molecule has 8 nitrogen and oxygen atoms in total. The van der Waals surface area contributed by atoms with Gasteiger partial charge < -0.3 is 10.6 Å². The maximum Gasteiger partial charge on any atom is 0.257 e. The number of hydrogen-bond acceptors (Lipinski definition) is 7. The lowest BCUT2D eigenvalue weighted by atomic mass is 9.87. The van der Waals surface area contributed by atoms with E-state index >= 15 is 0 Å². The molecule has 0 unspecified atom stereocenters. The first kappa shape index (κ1) is 24.4. The minimum atomic E-state index is -0.261. The lowest BCUT2D eigenvalue weighted by molar-refractivity contribution is -0.114. The summed E-state index contributed by atoms with van der Waals surface area (Å²) in [7, 11) is 0. The van der Waals surface area contributed by atoms with Crippen LogP contribution in [-0.4, -0.2) is 33.7 Å². The number of anilines is 3. The Morgan fingerprint density at radius 3 is 2.06 bits per heavy atom. The summed E-state index contributed by atoms with van der Waals surface area (Å²) in [6.45, 7) is 7.79. The number of aromatic nitrogens is 2. The number of benzene rings is 2. The van der Waals surface area contributed by atoms with Gasteiger partial charge in [0, 0.05) is 23.9 Å². The zero-order chi connectivity index (χ0) is 24.0. The SMILES string of the molecule is CC(=O)Nc1ccc(NC(=O)CSc2nnc(NC(=O)c3ccc(C(C)(C)C)cc3)s2)cc1. The number of amides is 3. The standard InChI is InChI=1S/C23H25N5O3S2/c1-14(29)24-17-9-11-18(12-10-17)25-19(30)13-32-22-28-27-21(33-22)26-20(31)15-5-7-16(8-6-15)23(2,3)4/h5-12H,13H2,1-4H3,(H,24,29)(H,25,30)(H,26,27,31). The van der Waals surface area contributed by atoms with Gasteiger partial charge in [-0.15, -0.1) is 10.2 Å². The molecule has 3 N–H and O–H groups in total. The normalized spacial score (nSPS) is 11.0. The van der Waals surface area contributed by atoms with Crippen LogP contribution in [0.15, 0.2) is 52.9 Å². The molecule has 33 heavy (non-hydrogen) atoms. The van der Waals surface area contributed by atoms with Crippen molar-refractivity contribution in [2.24, 2.45) is 0 Å². The highest BCUT2D eigenvalue weighted by atomic mass is 32.2. The number of thioether (sulfide) groups is 1. The summed E-state index contributed by atoms with van der Waals surface area (Å²) in [5.41, 5.74) is 2.98. The number of carbonyl (C=O) groups excluding carboxylic acids is 3. The van der Waals surface area contributed by atoms with E-state index in [4.69, 9.17) is 0 Å². The van der Waals surface area contributed by atoms with Gasteiger partial charge in [-0.1, -0.05) is 56.0 Å². The summed E-state index contributed by atoms with van der Waals surface area (Å²) in [5.74, 6) is -0.477. The van der Waals surface area contributed by atoms with E-state index in [0.29, 0.717) is 26.4 Å². The number of hydrogen-bond donors (Lipinski definition) is 3. The van der Waals surface area contributed by atoms with Crippen LogP contribution in [0.5, 0.6) is 0 Å². The van der Waals surface area contributed by atoms with E-state index in [2.05, 4.69) is 46.9 Å². The lowest BCUT2D eigenvalue weighted by Crippen LogP contribution is -2.14. The maximum absolute atomic E-state index is 12.5. The minimum absolute atomic E-state index is 0.0167. The molecule has 2 aromatic carbocycles. The van der Waals surface area contributed by atoms with Crippen LogP contribution in [0.4, 0.5) is 16.5 Å². The summed E-state index contributed by atoms with van der Waals surface area (Å²) in [6, 6.07) is 14.3. The van der Waals surface area contributed by atoms with Crippen molar-refractivity contribution in [3.8, 4) is 0 Å². The number of nitrogens with one attached hydrogen (secondary N) is 3. The van der Waals surface area contributed by atoms with Crippen LogP contribution in [0.25, 0.3) is 0 Å². The molecular formula is C23H25N5O3S2. The zero-order valence-corrected chi connectivity index (χ0v) is 20.4. The minimum Gasteiger partial charge on any atom is -0.326 e. The van der Waals surface area contributed by atoms with Gasteiger partial charge in [-0.05, 0) is 47.4 Å². The Bertz CT molecular complexity index is 1140. The highest BCUT2D eigenvalue weighted by Crippen LogP contribution is 2.27. The fourth-order valence-corrected chi connectivity index (χ4v) is 4.32. The molecule has 3 aromatic rings. The first-order valence-corrected chi connectivity index (χ1v) is 12.0. The predicted octanol–water partition coefficient (Wildman–Crippen LogP) is 4.78. The molecule has 0 saturated carbocycles. The van der Waals surface area contributed by atoms with Gasteiger partial charge in [0.15, 0.2) is 4.34 Å². The zero-order valence-electron chi connectivity index (χ0n) is 18.8. The third kappa shape index (κ3) is 7.40. The molecule has 0 bridgehead atoms. The molecule has 1 aromatic heterocycles. The van der Waals surface area contributed by atoms with E-state index < -0.39 is 0 Å². The summed E-state index contributed by atoms with van der Waals surface area (Å²) in [5, 5.41) is 16.6. The fourth-order valence-electron chi connectivity index (χ4n) is 2.77. The highest BCUT2D eigenvalue weighted by Gasteiger charge is 2.15. The Labute approximate surface area is 200 Å². The predicted molar refractivity (Wildman–Crippen MR) is 133 cm³/mol. The van der Waals surface area contributed by atoms with Crippen molar-refractivity contribution in [2.45, 2.75) is 37.4 Å². The van der Waals surface area contributed by atoms with Crippen LogP contribution >= 0.6 is 23.1 Å². The van der Waals surface area contributed by atoms with Crippen molar-refractivity contribution in [2.75, 3.05) is 21.7 Å². The van der Waals surface area contributed by atoms with E-state index in [-0.39, 0.29) is 28.9 Å². The second kappa shape index (κ2) is 10.6. The monoisotopic (exact) mass is 483 g/mol. The first-order chi connectivity index (χ1) is 15.6. The smallest absolute Gasteiger partial charge is 0.257 e. The average Bonchev–Trinajstić information content (AvgIpc) is 3.20. The van der Waals surface area contributed by atoms with Gasteiger partial charge in [0.1, 0.15) is 0 Å².